The summed E-state index contributed by atoms with van der Waals surface area (Å²) < 4.78 is 11.0. The number of carboxylic acids is 2. The second-order valence-corrected chi connectivity index (χ2v) is 6.07. The van der Waals surface area contributed by atoms with Crippen LogP contribution in [0.1, 0.15) is 20.3 Å². The lowest BCUT2D eigenvalue weighted by atomic mass is 10.2. The lowest BCUT2D eigenvalue weighted by Crippen LogP contribution is -2.31. The van der Waals surface area contributed by atoms with Crippen LogP contribution in [0.15, 0.2) is 18.2 Å². The number of carbonyl (C=O) groups excluding carboxylic acids is 1. The number of nitrogens with zero attached hydrogens (tertiary/aromatic N) is 1. The van der Waals surface area contributed by atoms with Crippen LogP contribution >= 0.6 is 0 Å². The van der Waals surface area contributed by atoms with Gasteiger partial charge in [0.2, 0.25) is 5.91 Å². The molecule has 0 bridgehead atoms. The summed E-state index contributed by atoms with van der Waals surface area (Å²) in [6.45, 7) is 9.79. The zero-order chi connectivity index (χ0) is 21.6. The first-order chi connectivity index (χ1) is 13.9. The molecule has 1 aliphatic rings. The van der Waals surface area contributed by atoms with Gasteiger partial charge in [-0.15, -0.1) is 0 Å². The van der Waals surface area contributed by atoms with Crippen molar-refractivity contribution >= 4 is 23.5 Å². The maximum absolute atomic E-state index is 11.9. The quantitative estimate of drug-likeness (QED) is 0.344. The number of nitrogens with one attached hydrogen (secondary N) is 2. The van der Waals surface area contributed by atoms with Crippen molar-refractivity contribution < 1.29 is 34.1 Å². The summed E-state index contributed by atoms with van der Waals surface area (Å²) in [4.78, 5) is 32.5. The molecule has 0 saturated carbocycles. The Morgan fingerprint density at radius 2 is 1.66 bits per heavy atom. The van der Waals surface area contributed by atoms with E-state index in [1.54, 1.807) is 6.07 Å². The fraction of sp³-hybridized carbons (Fsp3) is 0.526. The number of benzene rings is 1. The molecular weight excluding hydrogens is 382 g/mol. The van der Waals surface area contributed by atoms with Crippen LogP contribution in [-0.4, -0.2) is 78.9 Å². The summed E-state index contributed by atoms with van der Waals surface area (Å²) in [6.07, 6.45) is 1.04. The Morgan fingerprint density at radius 1 is 1.03 bits per heavy atom. The van der Waals surface area contributed by atoms with Gasteiger partial charge in [-0.2, -0.15) is 0 Å². The molecule has 0 aromatic heterocycles. The van der Waals surface area contributed by atoms with Gasteiger partial charge in [0.05, 0.1) is 6.54 Å². The van der Waals surface area contributed by atoms with Crippen molar-refractivity contribution in [1.82, 2.24) is 10.2 Å². The van der Waals surface area contributed by atoms with Crippen LogP contribution < -0.4 is 20.1 Å². The largest absolute Gasteiger partial charge is 0.486 e. The molecule has 0 fully saturated rings. The van der Waals surface area contributed by atoms with Crippen LogP contribution in [0, 0.1) is 0 Å². The zero-order valence-corrected chi connectivity index (χ0v) is 16.8. The van der Waals surface area contributed by atoms with E-state index in [2.05, 4.69) is 29.4 Å². The summed E-state index contributed by atoms with van der Waals surface area (Å²) in [7, 11) is 0. The number of fused-ring (bicyclic) bond motifs is 1. The second-order valence-electron chi connectivity index (χ2n) is 6.07. The van der Waals surface area contributed by atoms with Gasteiger partial charge in [0, 0.05) is 11.8 Å². The molecule has 2 rings (SSSR count). The number of aliphatic carboxylic acids is 2. The lowest BCUT2D eigenvalue weighted by Gasteiger charge is -2.19. The molecule has 0 radical (unpaired) electrons. The molecule has 4 N–H and O–H groups in total. The third-order valence-electron chi connectivity index (χ3n) is 4.02. The van der Waals surface area contributed by atoms with E-state index in [9.17, 15) is 4.79 Å². The number of carbonyl (C=O) groups is 3. The molecule has 1 heterocycles. The summed E-state index contributed by atoms with van der Waals surface area (Å²) >= 11 is 0. The van der Waals surface area contributed by atoms with Gasteiger partial charge in [-0.3, -0.25) is 4.79 Å². The summed E-state index contributed by atoms with van der Waals surface area (Å²) in [5, 5.41) is 20.8. The normalized spacial score (nSPS) is 12.0. The van der Waals surface area contributed by atoms with Crippen LogP contribution in [0.4, 0.5) is 5.69 Å². The standard InChI is InChI=1S/C17H27N3O3.C2H2O4/c1-3-20(4-2)9-5-8-18-13-17(21)19-14-6-7-15-16(12-14)23-11-10-22-15;3-1(4)2(5)6/h6-7,12,18H,3-5,8-11,13H2,1-2H3,(H,19,21);(H,3,4)(H,5,6). The minimum atomic E-state index is -1.82. The number of hydrogen-bond donors (Lipinski definition) is 4. The number of anilines is 1. The maximum atomic E-state index is 11.9. The molecular formula is C19H29N3O7. The van der Waals surface area contributed by atoms with Crippen molar-refractivity contribution in [3.05, 3.63) is 18.2 Å². The topological polar surface area (TPSA) is 137 Å². The smallest absolute Gasteiger partial charge is 0.414 e. The summed E-state index contributed by atoms with van der Waals surface area (Å²) in [5.74, 6) is -2.29. The van der Waals surface area contributed by atoms with Gasteiger partial charge in [0.25, 0.3) is 0 Å². The fourth-order valence-electron chi connectivity index (χ4n) is 2.50. The molecule has 1 amide bonds. The number of ether oxygens (including phenoxy) is 2. The average molecular weight is 411 g/mol. The van der Waals surface area contributed by atoms with E-state index >= 15 is 0 Å². The Hall–Kier alpha value is -2.85. The molecule has 10 nitrogen and oxygen atoms in total. The summed E-state index contributed by atoms with van der Waals surface area (Å²) in [6, 6.07) is 5.44. The Kier molecular flexibility index (Phi) is 11.1. The highest BCUT2D eigenvalue weighted by atomic mass is 16.6. The first-order valence-electron chi connectivity index (χ1n) is 9.46. The molecule has 0 spiro atoms. The first-order valence-corrected chi connectivity index (χ1v) is 9.46. The van der Waals surface area contributed by atoms with Crippen molar-refractivity contribution in [3.8, 4) is 11.5 Å². The molecule has 0 aliphatic carbocycles. The monoisotopic (exact) mass is 411 g/mol. The van der Waals surface area contributed by atoms with Gasteiger partial charge in [-0.05, 0) is 44.7 Å². The van der Waals surface area contributed by atoms with E-state index in [4.69, 9.17) is 29.3 Å². The van der Waals surface area contributed by atoms with Crippen LogP contribution in [0.2, 0.25) is 0 Å². The van der Waals surface area contributed by atoms with E-state index in [0.717, 1.165) is 44.0 Å². The fourth-order valence-corrected chi connectivity index (χ4v) is 2.50. The van der Waals surface area contributed by atoms with Crippen molar-refractivity contribution in [2.75, 3.05) is 51.3 Å². The van der Waals surface area contributed by atoms with Crippen molar-refractivity contribution in [3.63, 3.8) is 0 Å². The van der Waals surface area contributed by atoms with Gasteiger partial charge in [0.1, 0.15) is 13.2 Å². The lowest BCUT2D eigenvalue weighted by molar-refractivity contribution is -0.159. The average Bonchev–Trinajstić information content (AvgIpc) is 2.71. The zero-order valence-electron chi connectivity index (χ0n) is 16.8. The van der Waals surface area contributed by atoms with Crippen molar-refractivity contribution in [2.45, 2.75) is 20.3 Å². The van der Waals surface area contributed by atoms with Gasteiger partial charge in [-0.1, -0.05) is 13.8 Å². The number of amides is 1. The maximum Gasteiger partial charge on any atom is 0.414 e. The Morgan fingerprint density at radius 3 is 2.24 bits per heavy atom. The Labute approximate surface area is 169 Å². The van der Waals surface area contributed by atoms with Gasteiger partial charge in [-0.25, -0.2) is 9.59 Å². The van der Waals surface area contributed by atoms with Crippen LogP contribution in [0.3, 0.4) is 0 Å². The molecule has 0 atom stereocenters. The molecule has 1 aromatic rings. The number of rotatable bonds is 9. The van der Waals surface area contributed by atoms with E-state index in [-0.39, 0.29) is 5.91 Å². The van der Waals surface area contributed by atoms with Gasteiger partial charge in [0.15, 0.2) is 11.5 Å². The van der Waals surface area contributed by atoms with Crippen molar-refractivity contribution in [2.24, 2.45) is 0 Å². The SMILES string of the molecule is CCN(CC)CCCNCC(=O)Nc1ccc2c(c1)OCCO2.O=C(O)C(=O)O. The Bertz CT molecular complexity index is 666. The van der Waals surface area contributed by atoms with Gasteiger partial charge >= 0.3 is 11.9 Å². The van der Waals surface area contributed by atoms with Gasteiger partial charge < -0.3 is 35.2 Å². The first kappa shape index (κ1) is 24.2. The van der Waals surface area contributed by atoms with Crippen molar-refractivity contribution in [1.29, 1.82) is 0 Å². The van der Waals surface area contributed by atoms with Crippen LogP contribution in [0.25, 0.3) is 0 Å². The minimum absolute atomic E-state index is 0.0514. The highest BCUT2D eigenvalue weighted by Gasteiger charge is 2.12. The molecule has 0 saturated heterocycles. The second kappa shape index (κ2) is 13.3. The minimum Gasteiger partial charge on any atom is -0.486 e. The molecule has 1 aliphatic heterocycles. The van der Waals surface area contributed by atoms with E-state index in [0.29, 0.717) is 25.5 Å². The van der Waals surface area contributed by atoms with Crippen LogP contribution in [0.5, 0.6) is 11.5 Å². The molecule has 10 heteroatoms. The third kappa shape index (κ3) is 9.77. The number of hydrogen-bond acceptors (Lipinski definition) is 7. The highest BCUT2D eigenvalue weighted by molar-refractivity contribution is 6.27. The summed E-state index contributed by atoms with van der Waals surface area (Å²) in [5.41, 5.74) is 0.726. The van der Waals surface area contributed by atoms with E-state index < -0.39 is 11.9 Å². The van der Waals surface area contributed by atoms with Crippen LogP contribution in [-0.2, 0) is 14.4 Å². The van der Waals surface area contributed by atoms with E-state index in [1.807, 2.05) is 12.1 Å². The number of carboxylic acid groups (broad SMARTS) is 2. The molecule has 1 aromatic carbocycles. The predicted molar refractivity (Wildman–Crippen MR) is 107 cm³/mol. The third-order valence-corrected chi connectivity index (χ3v) is 4.02. The highest BCUT2D eigenvalue weighted by Crippen LogP contribution is 2.32. The molecule has 0 unspecified atom stereocenters. The predicted octanol–water partition coefficient (Wildman–Crippen LogP) is 0.873. The molecule has 162 valence electrons. The molecule has 29 heavy (non-hydrogen) atoms. The Balaban J connectivity index is 0.000000612. The van der Waals surface area contributed by atoms with E-state index in [1.165, 1.54) is 0 Å².